The normalized spacial score (nSPS) is 11.6. The second-order valence-electron chi connectivity index (χ2n) is 7.47. The maximum absolute atomic E-state index is 3.87. The molecule has 0 bridgehead atoms. The van der Waals surface area contributed by atoms with Crippen molar-refractivity contribution >= 4 is 59.0 Å². The molecule has 0 fully saturated rings. The molecule has 0 nitrogen and oxygen atoms in total. The van der Waals surface area contributed by atoms with Crippen LogP contribution in [0.2, 0.25) is 0 Å². The molecule has 1 heteroatoms. The summed E-state index contributed by atoms with van der Waals surface area (Å²) in [5, 5.41) is 10.2. The van der Waals surface area contributed by atoms with Crippen LogP contribution >= 0.6 is 15.9 Å². The van der Waals surface area contributed by atoms with E-state index in [-0.39, 0.29) is 0 Å². The maximum atomic E-state index is 3.87. The Bertz CT molecular complexity index is 1500. The van der Waals surface area contributed by atoms with Crippen molar-refractivity contribution in [1.82, 2.24) is 0 Å². The van der Waals surface area contributed by atoms with Gasteiger partial charge in [-0.15, -0.1) is 0 Å². The third kappa shape index (κ3) is 2.44. The highest BCUT2D eigenvalue weighted by molar-refractivity contribution is 9.10. The Kier molecular flexibility index (Phi) is 3.72. The minimum absolute atomic E-state index is 1.16. The molecule has 6 aromatic carbocycles. The summed E-state index contributed by atoms with van der Waals surface area (Å²) < 4.78 is 1.16. The van der Waals surface area contributed by atoms with E-state index >= 15 is 0 Å². The summed E-state index contributed by atoms with van der Waals surface area (Å²) in [5.74, 6) is 0. The van der Waals surface area contributed by atoms with E-state index < -0.39 is 0 Å². The van der Waals surface area contributed by atoms with E-state index in [4.69, 9.17) is 0 Å². The molecule has 0 spiro atoms. The first-order chi connectivity index (χ1) is 14.3. The summed E-state index contributed by atoms with van der Waals surface area (Å²) in [6.45, 7) is 0. The summed E-state index contributed by atoms with van der Waals surface area (Å²) in [6.07, 6.45) is 0. The van der Waals surface area contributed by atoms with Gasteiger partial charge in [0, 0.05) is 4.47 Å². The third-order valence-electron chi connectivity index (χ3n) is 5.92. The van der Waals surface area contributed by atoms with Gasteiger partial charge in [0.1, 0.15) is 0 Å². The van der Waals surface area contributed by atoms with Crippen molar-refractivity contribution in [3.63, 3.8) is 0 Å². The number of hydrogen-bond acceptors (Lipinski definition) is 0. The number of benzene rings is 6. The minimum atomic E-state index is 1.16. The summed E-state index contributed by atoms with van der Waals surface area (Å²) in [5.41, 5.74) is 2.59. The molecule has 29 heavy (non-hydrogen) atoms. The molecular weight excluding hydrogens is 416 g/mol. The van der Waals surface area contributed by atoms with Gasteiger partial charge in [-0.2, -0.15) is 0 Å². The van der Waals surface area contributed by atoms with Gasteiger partial charge in [0.05, 0.1) is 0 Å². The molecular formula is C28H17Br. The van der Waals surface area contributed by atoms with Crippen LogP contribution < -0.4 is 0 Å². The number of rotatable bonds is 1. The predicted octanol–water partition coefficient (Wildman–Crippen LogP) is 8.73. The van der Waals surface area contributed by atoms with Crippen molar-refractivity contribution < 1.29 is 0 Å². The van der Waals surface area contributed by atoms with Gasteiger partial charge in [-0.1, -0.05) is 103 Å². The highest BCUT2D eigenvalue weighted by atomic mass is 79.9. The zero-order chi connectivity index (χ0) is 19.4. The summed E-state index contributed by atoms with van der Waals surface area (Å²) in [4.78, 5) is 0. The topological polar surface area (TPSA) is 0 Å². The fraction of sp³-hybridized carbons (Fsp3) is 0. The van der Waals surface area contributed by atoms with Crippen molar-refractivity contribution in [1.29, 1.82) is 0 Å². The molecule has 136 valence electrons. The standard InChI is InChI=1S/C28H17Br/c29-28-25-12-5-3-10-23(25)27(24-11-4-6-13-26(24)28)22-15-7-14-20-19-9-2-1-8-18(19)16-17-21(20)22/h1-17H. The van der Waals surface area contributed by atoms with Crippen LogP contribution in [-0.2, 0) is 0 Å². The highest BCUT2D eigenvalue weighted by Crippen LogP contribution is 2.44. The van der Waals surface area contributed by atoms with Crippen LogP contribution in [0.1, 0.15) is 0 Å². The highest BCUT2D eigenvalue weighted by Gasteiger charge is 2.15. The van der Waals surface area contributed by atoms with Crippen LogP contribution in [0.15, 0.2) is 108 Å². The lowest BCUT2D eigenvalue weighted by molar-refractivity contribution is 1.70. The van der Waals surface area contributed by atoms with Crippen LogP contribution in [-0.4, -0.2) is 0 Å². The Balaban J connectivity index is 1.85. The van der Waals surface area contributed by atoms with E-state index in [1.807, 2.05) is 0 Å². The molecule has 0 aliphatic rings. The number of hydrogen-bond donors (Lipinski definition) is 0. The van der Waals surface area contributed by atoms with Crippen molar-refractivity contribution in [2.45, 2.75) is 0 Å². The summed E-state index contributed by atoms with van der Waals surface area (Å²) in [6, 6.07) is 37.2. The number of halogens is 1. The van der Waals surface area contributed by atoms with Gasteiger partial charge >= 0.3 is 0 Å². The largest absolute Gasteiger partial charge is 0.0616 e. The second-order valence-corrected chi connectivity index (χ2v) is 8.26. The van der Waals surface area contributed by atoms with E-state index in [2.05, 4.69) is 119 Å². The van der Waals surface area contributed by atoms with Crippen LogP contribution in [0.4, 0.5) is 0 Å². The summed E-state index contributed by atoms with van der Waals surface area (Å²) >= 11 is 3.87. The lowest BCUT2D eigenvalue weighted by Crippen LogP contribution is -1.89. The van der Waals surface area contributed by atoms with Gasteiger partial charge in [-0.25, -0.2) is 0 Å². The first-order valence-corrected chi connectivity index (χ1v) is 10.6. The Morgan fingerprint density at radius 1 is 0.379 bits per heavy atom. The molecule has 0 aliphatic carbocycles. The van der Waals surface area contributed by atoms with Crippen LogP contribution in [0.5, 0.6) is 0 Å². The van der Waals surface area contributed by atoms with Crippen molar-refractivity contribution in [2.75, 3.05) is 0 Å². The van der Waals surface area contributed by atoms with E-state index in [9.17, 15) is 0 Å². The van der Waals surface area contributed by atoms with Gasteiger partial charge in [0.15, 0.2) is 0 Å². The van der Waals surface area contributed by atoms with Crippen molar-refractivity contribution in [2.24, 2.45) is 0 Å². The van der Waals surface area contributed by atoms with Gasteiger partial charge < -0.3 is 0 Å². The zero-order valence-corrected chi connectivity index (χ0v) is 17.3. The minimum Gasteiger partial charge on any atom is -0.0616 e. The van der Waals surface area contributed by atoms with Crippen LogP contribution in [0.3, 0.4) is 0 Å². The fourth-order valence-corrected chi connectivity index (χ4v) is 5.32. The molecule has 0 unspecified atom stereocenters. The van der Waals surface area contributed by atoms with E-state index in [0.29, 0.717) is 0 Å². The molecule has 6 rings (SSSR count). The number of fused-ring (bicyclic) bond motifs is 5. The lowest BCUT2D eigenvalue weighted by Gasteiger charge is -2.16. The zero-order valence-electron chi connectivity index (χ0n) is 15.7. The molecule has 0 amide bonds. The predicted molar refractivity (Wildman–Crippen MR) is 130 cm³/mol. The smallest absolute Gasteiger partial charge is 0.0332 e. The fourth-order valence-electron chi connectivity index (χ4n) is 4.62. The molecule has 0 aliphatic heterocycles. The monoisotopic (exact) mass is 432 g/mol. The maximum Gasteiger partial charge on any atom is 0.0332 e. The third-order valence-corrected chi connectivity index (χ3v) is 6.78. The Hall–Kier alpha value is -3.16. The van der Waals surface area contributed by atoms with Gasteiger partial charge in [-0.05, 0) is 70.1 Å². The molecule has 0 heterocycles. The van der Waals surface area contributed by atoms with E-state index in [0.717, 1.165) is 4.47 Å². The first-order valence-electron chi connectivity index (χ1n) is 9.83. The summed E-state index contributed by atoms with van der Waals surface area (Å²) in [7, 11) is 0. The molecule has 0 saturated heterocycles. The Morgan fingerprint density at radius 3 is 1.62 bits per heavy atom. The molecule has 0 aromatic heterocycles. The molecule has 6 aromatic rings. The molecule has 0 saturated carbocycles. The van der Waals surface area contributed by atoms with E-state index in [1.54, 1.807) is 0 Å². The lowest BCUT2D eigenvalue weighted by atomic mass is 9.88. The SMILES string of the molecule is Brc1c2ccccc2c(-c2cccc3c2ccc2ccccc23)c2ccccc12. The Morgan fingerprint density at radius 2 is 0.931 bits per heavy atom. The average Bonchev–Trinajstić information content (AvgIpc) is 2.79. The van der Waals surface area contributed by atoms with Crippen LogP contribution in [0.25, 0.3) is 54.2 Å². The molecule has 0 atom stereocenters. The quantitative estimate of drug-likeness (QED) is 0.180. The Labute approximate surface area is 177 Å². The average molecular weight is 433 g/mol. The molecule has 0 radical (unpaired) electrons. The molecule has 0 N–H and O–H groups in total. The van der Waals surface area contributed by atoms with Gasteiger partial charge in [-0.3, -0.25) is 0 Å². The van der Waals surface area contributed by atoms with Gasteiger partial charge in [0.2, 0.25) is 0 Å². The van der Waals surface area contributed by atoms with Crippen molar-refractivity contribution in [3.8, 4) is 11.1 Å². The first kappa shape index (κ1) is 16.8. The van der Waals surface area contributed by atoms with Gasteiger partial charge in [0.25, 0.3) is 0 Å². The van der Waals surface area contributed by atoms with Crippen LogP contribution in [0, 0.1) is 0 Å². The second kappa shape index (κ2) is 6.43. The van der Waals surface area contributed by atoms with Crippen molar-refractivity contribution in [3.05, 3.63) is 108 Å². The van der Waals surface area contributed by atoms with E-state index in [1.165, 1.54) is 54.2 Å².